The van der Waals surface area contributed by atoms with Crippen molar-refractivity contribution in [2.24, 2.45) is 0 Å². The van der Waals surface area contributed by atoms with Crippen molar-refractivity contribution in [2.75, 3.05) is 0 Å². The Bertz CT molecular complexity index is 467. The molecular formula is C14H16Cl2FNO. The molecule has 1 fully saturated rings. The zero-order valence-corrected chi connectivity index (χ0v) is 12.0. The molecule has 1 aromatic carbocycles. The van der Waals surface area contributed by atoms with Crippen LogP contribution in [0.4, 0.5) is 4.39 Å². The first-order valence-electron chi connectivity index (χ1n) is 6.48. The Balaban J connectivity index is 2.09. The van der Waals surface area contributed by atoms with Crippen LogP contribution in [-0.2, 0) is 0 Å². The van der Waals surface area contributed by atoms with E-state index in [9.17, 15) is 9.18 Å². The minimum Gasteiger partial charge on any atom is -0.348 e. The molecule has 2 nitrogen and oxygen atoms in total. The van der Waals surface area contributed by atoms with E-state index in [1.807, 2.05) is 0 Å². The molecule has 0 bridgehead atoms. The van der Waals surface area contributed by atoms with Gasteiger partial charge in [-0.2, -0.15) is 0 Å². The van der Waals surface area contributed by atoms with Gasteiger partial charge in [-0.1, -0.05) is 36.9 Å². The first kappa shape index (κ1) is 14.6. The molecule has 1 aromatic rings. The SMILES string of the molecule is O=C(NC1CCCCCC1Cl)c1cccc(Cl)c1F. The third-order valence-electron chi connectivity index (χ3n) is 3.44. The lowest BCUT2D eigenvalue weighted by molar-refractivity contribution is 0.0930. The summed E-state index contributed by atoms with van der Waals surface area (Å²) in [6.45, 7) is 0. The fourth-order valence-electron chi connectivity index (χ4n) is 2.35. The maximum Gasteiger partial charge on any atom is 0.254 e. The molecule has 0 radical (unpaired) electrons. The van der Waals surface area contributed by atoms with Gasteiger partial charge in [-0.15, -0.1) is 11.6 Å². The largest absolute Gasteiger partial charge is 0.348 e. The molecule has 0 aliphatic heterocycles. The fourth-order valence-corrected chi connectivity index (χ4v) is 2.87. The molecule has 0 spiro atoms. The van der Waals surface area contributed by atoms with Gasteiger partial charge in [0.15, 0.2) is 5.82 Å². The van der Waals surface area contributed by atoms with Gasteiger partial charge in [-0.05, 0) is 25.0 Å². The van der Waals surface area contributed by atoms with Crippen LogP contribution in [0, 0.1) is 5.82 Å². The van der Waals surface area contributed by atoms with Crippen molar-refractivity contribution >= 4 is 29.1 Å². The Hall–Kier alpha value is -0.800. The highest BCUT2D eigenvalue weighted by Crippen LogP contribution is 2.23. The van der Waals surface area contributed by atoms with Crippen LogP contribution in [0.15, 0.2) is 18.2 Å². The zero-order valence-electron chi connectivity index (χ0n) is 10.5. The van der Waals surface area contributed by atoms with Crippen LogP contribution in [0.1, 0.15) is 42.5 Å². The molecule has 19 heavy (non-hydrogen) atoms. The predicted molar refractivity (Wildman–Crippen MR) is 75.4 cm³/mol. The van der Waals surface area contributed by atoms with Crippen molar-refractivity contribution < 1.29 is 9.18 Å². The summed E-state index contributed by atoms with van der Waals surface area (Å²) in [4.78, 5) is 12.1. The van der Waals surface area contributed by atoms with Crippen molar-refractivity contribution in [3.8, 4) is 0 Å². The van der Waals surface area contributed by atoms with Crippen LogP contribution < -0.4 is 5.32 Å². The Morgan fingerprint density at radius 1 is 1.26 bits per heavy atom. The topological polar surface area (TPSA) is 29.1 Å². The first-order valence-corrected chi connectivity index (χ1v) is 7.30. The molecule has 2 atom stereocenters. The summed E-state index contributed by atoms with van der Waals surface area (Å²) >= 11 is 11.9. The summed E-state index contributed by atoms with van der Waals surface area (Å²) in [5.74, 6) is -1.13. The number of hydrogen-bond donors (Lipinski definition) is 1. The Kier molecular flexibility index (Phi) is 5.06. The summed E-state index contributed by atoms with van der Waals surface area (Å²) in [5, 5.41) is 2.69. The van der Waals surface area contributed by atoms with Crippen molar-refractivity contribution in [3.05, 3.63) is 34.6 Å². The van der Waals surface area contributed by atoms with Gasteiger partial charge in [0.1, 0.15) is 0 Å². The molecule has 1 saturated carbocycles. The summed E-state index contributed by atoms with van der Waals surface area (Å²) < 4.78 is 13.8. The molecule has 104 valence electrons. The van der Waals surface area contributed by atoms with E-state index in [-0.39, 0.29) is 22.0 Å². The number of amides is 1. The molecule has 0 aromatic heterocycles. The number of benzene rings is 1. The van der Waals surface area contributed by atoms with Gasteiger partial charge in [0.05, 0.1) is 16.0 Å². The number of halogens is 3. The number of alkyl halides is 1. The molecule has 1 N–H and O–H groups in total. The molecule has 1 amide bonds. The molecule has 0 saturated heterocycles. The van der Waals surface area contributed by atoms with Crippen LogP contribution in [0.3, 0.4) is 0 Å². The lowest BCUT2D eigenvalue weighted by atomic mass is 10.1. The second-order valence-electron chi connectivity index (χ2n) is 4.84. The average molecular weight is 304 g/mol. The minimum absolute atomic E-state index is 0.0272. The number of rotatable bonds is 2. The van der Waals surface area contributed by atoms with Gasteiger partial charge >= 0.3 is 0 Å². The predicted octanol–water partition coefficient (Wildman–Crippen LogP) is 4.15. The van der Waals surface area contributed by atoms with E-state index in [0.717, 1.165) is 32.1 Å². The number of hydrogen-bond acceptors (Lipinski definition) is 1. The smallest absolute Gasteiger partial charge is 0.254 e. The quantitative estimate of drug-likeness (QED) is 0.645. The third kappa shape index (κ3) is 3.61. The molecule has 2 rings (SSSR count). The second kappa shape index (κ2) is 6.58. The van der Waals surface area contributed by atoms with Gasteiger partial charge < -0.3 is 5.32 Å². The van der Waals surface area contributed by atoms with Crippen LogP contribution in [-0.4, -0.2) is 17.3 Å². The summed E-state index contributed by atoms with van der Waals surface area (Å²) in [7, 11) is 0. The maximum absolute atomic E-state index is 13.8. The maximum atomic E-state index is 13.8. The van der Waals surface area contributed by atoms with Crippen LogP contribution >= 0.6 is 23.2 Å². The fraction of sp³-hybridized carbons (Fsp3) is 0.500. The highest BCUT2D eigenvalue weighted by Gasteiger charge is 2.25. The van der Waals surface area contributed by atoms with Gasteiger partial charge in [0.2, 0.25) is 0 Å². The third-order valence-corrected chi connectivity index (χ3v) is 4.26. The monoisotopic (exact) mass is 303 g/mol. The lowest BCUT2D eigenvalue weighted by Crippen LogP contribution is -2.40. The lowest BCUT2D eigenvalue weighted by Gasteiger charge is -2.21. The number of carbonyl (C=O) groups is 1. The molecule has 5 heteroatoms. The van der Waals surface area contributed by atoms with E-state index in [4.69, 9.17) is 23.2 Å². The van der Waals surface area contributed by atoms with Gasteiger partial charge in [0.25, 0.3) is 5.91 Å². The van der Waals surface area contributed by atoms with E-state index in [2.05, 4.69) is 5.32 Å². The van der Waals surface area contributed by atoms with Gasteiger partial charge in [0, 0.05) is 6.04 Å². The normalized spacial score (nSPS) is 23.7. The summed E-state index contributed by atoms with van der Waals surface area (Å²) in [6, 6.07) is 4.31. The van der Waals surface area contributed by atoms with Crippen LogP contribution in [0.2, 0.25) is 5.02 Å². The Morgan fingerprint density at radius 3 is 2.79 bits per heavy atom. The van der Waals surface area contributed by atoms with E-state index in [0.29, 0.717) is 0 Å². The Labute approximate surface area is 122 Å². The highest BCUT2D eigenvalue weighted by atomic mass is 35.5. The average Bonchev–Trinajstić information content (AvgIpc) is 2.58. The zero-order chi connectivity index (χ0) is 13.8. The van der Waals surface area contributed by atoms with E-state index in [1.165, 1.54) is 12.1 Å². The number of nitrogens with one attached hydrogen (secondary N) is 1. The first-order chi connectivity index (χ1) is 9.09. The van der Waals surface area contributed by atoms with Gasteiger partial charge in [-0.3, -0.25) is 4.79 Å². The Morgan fingerprint density at radius 2 is 2.00 bits per heavy atom. The van der Waals surface area contributed by atoms with E-state index < -0.39 is 11.7 Å². The summed E-state index contributed by atoms with van der Waals surface area (Å²) in [5.41, 5.74) is -0.0272. The molecule has 2 unspecified atom stereocenters. The standard InChI is InChI=1S/C14H16Cl2FNO/c15-10-6-2-1-3-8-12(10)18-14(19)9-5-4-7-11(16)13(9)17/h4-5,7,10,12H,1-3,6,8H2,(H,18,19). The van der Waals surface area contributed by atoms with E-state index in [1.54, 1.807) is 6.07 Å². The summed E-state index contributed by atoms with van der Waals surface area (Å²) in [6.07, 6.45) is 4.95. The highest BCUT2D eigenvalue weighted by molar-refractivity contribution is 6.31. The molecular weight excluding hydrogens is 288 g/mol. The van der Waals surface area contributed by atoms with Crippen molar-refractivity contribution in [1.82, 2.24) is 5.32 Å². The molecule has 1 aliphatic rings. The molecule has 1 aliphatic carbocycles. The molecule has 0 heterocycles. The number of carbonyl (C=O) groups excluding carboxylic acids is 1. The van der Waals surface area contributed by atoms with Gasteiger partial charge in [-0.25, -0.2) is 4.39 Å². The van der Waals surface area contributed by atoms with Crippen LogP contribution in [0.5, 0.6) is 0 Å². The minimum atomic E-state index is -0.679. The van der Waals surface area contributed by atoms with Crippen molar-refractivity contribution in [1.29, 1.82) is 0 Å². The second-order valence-corrected chi connectivity index (χ2v) is 5.80. The van der Waals surface area contributed by atoms with Crippen molar-refractivity contribution in [3.63, 3.8) is 0 Å². The van der Waals surface area contributed by atoms with Crippen LogP contribution in [0.25, 0.3) is 0 Å². The van der Waals surface area contributed by atoms with Crippen molar-refractivity contribution in [2.45, 2.75) is 43.5 Å². The van der Waals surface area contributed by atoms with E-state index >= 15 is 0 Å².